The largest absolute Gasteiger partial charge is 0.337 e. The van der Waals surface area contributed by atoms with E-state index in [-0.39, 0.29) is 17.6 Å². The van der Waals surface area contributed by atoms with Gasteiger partial charge in [0.15, 0.2) is 5.65 Å². The van der Waals surface area contributed by atoms with Crippen molar-refractivity contribution in [3.63, 3.8) is 0 Å². The minimum atomic E-state index is -0.0521. The van der Waals surface area contributed by atoms with E-state index in [4.69, 9.17) is 19.9 Å². The average molecular weight is 493 g/mol. The molecule has 1 aliphatic carbocycles. The topological polar surface area (TPSA) is 92.1 Å². The molecular formula is C28H28N8O. The summed E-state index contributed by atoms with van der Waals surface area (Å²) in [5.74, 6) is 1.85. The molecule has 1 aromatic carbocycles. The van der Waals surface area contributed by atoms with E-state index in [1.54, 1.807) is 0 Å². The summed E-state index contributed by atoms with van der Waals surface area (Å²) in [4.78, 5) is 35.6. The van der Waals surface area contributed by atoms with Gasteiger partial charge in [-0.15, -0.1) is 0 Å². The number of rotatable bonds is 2. The van der Waals surface area contributed by atoms with Gasteiger partial charge in [-0.05, 0) is 48.9 Å². The number of hydrogen-bond acceptors (Lipinski definition) is 6. The number of fused-ring (bicyclic) bond motifs is 7. The zero-order valence-corrected chi connectivity index (χ0v) is 20.6. The Kier molecular flexibility index (Phi) is 4.42. The molecule has 3 aliphatic heterocycles. The Morgan fingerprint density at radius 3 is 2.78 bits per heavy atom. The fraction of sp³-hybridized carbons (Fsp3) is 0.393. The minimum Gasteiger partial charge on any atom is -0.337 e. The number of benzene rings is 1. The molecule has 6 heterocycles. The molecule has 0 bridgehead atoms. The molecule has 2 atom stereocenters. The summed E-state index contributed by atoms with van der Waals surface area (Å²) < 4.78 is 2.45. The molecule has 3 aromatic heterocycles. The van der Waals surface area contributed by atoms with Crippen LogP contribution in [0, 0.1) is 0 Å². The van der Waals surface area contributed by atoms with Crippen molar-refractivity contribution in [1.82, 2.24) is 34.7 Å². The maximum Gasteiger partial charge on any atom is 0.317 e. The molecule has 9 heteroatoms. The van der Waals surface area contributed by atoms with E-state index in [0.717, 1.165) is 73.4 Å². The number of nitrogens with zero attached hydrogens (tertiary/aromatic N) is 7. The molecule has 186 valence electrons. The quantitative estimate of drug-likeness (QED) is 0.462. The van der Waals surface area contributed by atoms with Crippen LogP contribution in [0.2, 0.25) is 0 Å². The Labute approximate surface area is 214 Å². The normalized spacial score (nSPS) is 24.3. The molecule has 1 spiro atoms. The molecule has 8 rings (SSSR count). The molecule has 0 saturated carbocycles. The third-order valence-electron chi connectivity index (χ3n) is 8.77. The zero-order valence-electron chi connectivity index (χ0n) is 20.6. The van der Waals surface area contributed by atoms with Crippen LogP contribution in [-0.2, 0) is 18.4 Å². The van der Waals surface area contributed by atoms with Crippen LogP contribution < -0.4 is 10.2 Å². The average Bonchev–Trinajstić information content (AvgIpc) is 3.63. The highest BCUT2D eigenvalue weighted by atomic mass is 16.2. The number of nitrogens with one attached hydrogen (secondary N) is 1. The Morgan fingerprint density at radius 1 is 0.973 bits per heavy atom. The number of carbonyl (C=O) groups is 1. The number of amides is 2. The molecular weight excluding hydrogens is 464 g/mol. The van der Waals surface area contributed by atoms with Crippen LogP contribution in [0.1, 0.15) is 36.2 Å². The second kappa shape index (κ2) is 7.74. The van der Waals surface area contributed by atoms with Crippen molar-refractivity contribution in [2.75, 3.05) is 31.1 Å². The van der Waals surface area contributed by atoms with Gasteiger partial charge in [0.2, 0.25) is 5.95 Å². The molecule has 2 amide bonds. The van der Waals surface area contributed by atoms with Crippen molar-refractivity contribution in [3.8, 4) is 11.3 Å². The van der Waals surface area contributed by atoms with E-state index >= 15 is 0 Å². The molecule has 0 radical (unpaired) electrons. The first-order valence-corrected chi connectivity index (χ1v) is 13.3. The fourth-order valence-corrected chi connectivity index (χ4v) is 7.00. The van der Waals surface area contributed by atoms with Gasteiger partial charge in [-0.25, -0.2) is 24.7 Å². The number of pyridine rings is 1. The predicted molar refractivity (Wildman–Crippen MR) is 139 cm³/mol. The van der Waals surface area contributed by atoms with Crippen molar-refractivity contribution >= 4 is 23.1 Å². The van der Waals surface area contributed by atoms with Crippen LogP contribution in [0.25, 0.3) is 22.4 Å². The lowest BCUT2D eigenvalue weighted by Gasteiger charge is -2.37. The highest BCUT2D eigenvalue weighted by Gasteiger charge is 2.44. The molecule has 9 nitrogen and oxygen atoms in total. The first-order chi connectivity index (χ1) is 18.2. The number of hydrogen-bond donors (Lipinski definition) is 1. The molecule has 1 unspecified atom stereocenters. The monoisotopic (exact) mass is 492 g/mol. The maximum absolute atomic E-state index is 11.9. The Hall–Kier alpha value is -4.01. The van der Waals surface area contributed by atoms with Gasteiger partial charge < -0.3 is 19.7 Å². The van der Waals surface area contributed by atoms with Gasteiger partial charge in [0.25, 0.3) is 0 Å². The van der Waals surface area contributed by atoms with Crippen molar-refractivity contribution in [2.24, 2.45) is 0 Å². The summed E-state index contributed by atoms with van der Waals surface area (Å²) in [5, 5.41) is 2.93. The first-order valence-electron chi connectivity index (χ1n) is 13.3. The van der Waals surface area contributed by atoms with Gasteiger partial charge in [0.1, 0.15) is 11.3 Å². The summed E-state index contributed by atoms with van der Waals surface area (Å²) in [6, 6.07) is 13.2. The summed E-state index contributed by atoms with van der Waals surface area (Å²) in [6.45, 7) is 2.85. The number of anilines is 1. The van der Waals surface area contributed by atoms with E-state index in [1.165, 1.54) is 11.1 Å². The lowest BCUT2D eigenvalue weighted by molar-refractivity contribution is 0.197. The number of imidazole rings is 1. The van der Waals surface area contributed by atoms with E-state index in [9.17, 15) is 4.79 Å². The van der Waals surface area contributed by atoms with E-state index in [0.29, 0.717) is 19.0 Å². The number of carbonyl (C=O) groups excluding carboxylic acids is 1. The summed E-state index contributed by atoms with van der Waals surface area (Å²) in [5.41, 5.74) is 6.52. The Balaban J connectivity index is 1.14. The van der Waals surface area contributed by atoms with Crippen LogP contribution in [0.4, 0.5) is 10.7 Å². The van der Waals surface area contributed by atoms with Crippen LogP contribution in [0.3, 0.4) is 0 Å². The smallest absolute Gasteiger partial charge is 0.317 e. The molecule has 4 aromatic rings. The highest BCUT2D eigenvalue weighted by molar-refractivity contribution is 5.78. The van der Waals surface area contributed by atoms with E-state index in [1.807, 2.05) is 23.4 Å². The van der Waals surface area contributed by atoms with Crippen LogP contribution in [0.5, 0.6) is 0 Å². The maximum atomic E-state index is 11.9. The van der Waals surface area contributed by atoms with Gasteiger partial charge in [-0.3, -0.25) is 0 Å². The third-order valence-corrected chi connectivity index (χ3v) is 8.77. The van der Waals surface area contributed by atoms with Crippen molar-refractivity contribution in [1.29, 1.82) is 0 Å². The lowest BCUT2D eigenvalue weighted by Crippen LogP contribution is -2.52. The second-order valence-electron chi connectivity index (χ2n) is 10.7. The van der Waals surface area contributed by atoms with Crippen molar-refractivity contribution in [2.45, 2.75) is 43.7 Å². The van der Waals surface area contributed by atoms with Gasteiger partial charge in [0.05, 0.1) is 17.3 Å². The van der Waals surface area contributed by atoms with Crippen LogP contribution in [0.15, 0.2) is 48.8 Å². The van der Waals surface area contributed by atoms with Gasteiger partial charge in [0, 0.05) is 50.6 Å². The fourth-order valence-electron chi connectivity index (χ4n) is 7.00. The predicted octanol–water partition coefficient (Wildman–Crippen LogP) is 3.13. The molecule has 2 fully saturated rings. The molecule has 1 N–H and O–H groups in total. The van der Waals surface area contributed by atoms with Crippen molar-refractivity contribution in [3.05, 3.63) is 65.7 Å². The summed E-state index contributed by atoms with van der Waals surface area (Å²) >= 11 is 0. The number of piperazine rings is 1. The SMILES string of the molecule is O=C1NC[C@@H]2CN(c3ncc(-c4ccc5nc6n(c5n4)C4(CCC6)CCc5ccccc54)cn3)CCN12. The van der Waals surface area contributed by atoms with Crippen molar-refractivity contribution < 1.29 is 4.79 Å². The van der Waals surface area contributed by atoms with Crippen LogP contribution in [-0.4, -0.2) is 67.7 Å². The summed E-state index contributed by atoms with van der Waals surface area (Å²) in [6.07, 6.45) is 9.21. The molecule has 37 heavy (non-hydrogen) atoms. The standard InChI is InChI=1S/C28H28N8O/c37-27-31-16-20-17-34(12-13-35(20)27)26-29-14-19(15-30-26)22-7-8-23-25(33-22)36-24(32-23)6-3-10-28(36)11-9-18-4-1-2-5-21(18)28/h1-2,4-5,7-8,14-15,20H,3,6,9-13,16-17H2,(H,31,37)/t20-,28?/m1/s1. The highest BCUT2D eigenvalue weighted by Crippen LogP contribution is 2.48. The molecule has 4 aliphatic rings. The van der Waals surface area contributed by atoms with Crippen LogP contribution >= 0.6 is 0 Å². The first kappa shape index (κ1) is 21.1. The second-order valence-corrected chi connectivity index (χ2v) is 10.7. The summed E-state index contributed by atoms with van der Waals surface area (Å²) in [7, 11) is 0. The third kappa shape index (κ3) is 3.06. The van der Waals surface area contributed by atoms with Gasteiger partial charge in [-0.2, -0.15) is 0 Å². The lowest BCUT2D eigenvalue weighted by atomic mass is 9.83. The van der Waals surface area contributed by atoms with E-state index in [2.05, 4.69) is 45.1 Å². The van der Waals surface area contributed by atoms with Gasteiger partial charge in [-0.1, -0.05) is 24.3 Å². The zero-order chi connectivity index (χ0) is 24.6. The number of aromatic nitrogens is 5. The number of aryl methyl sites for hydroxylation is 2. The molecule has 2 saturated heterocycles. The minimum absolute atomic E-state index is 0.0346. The Morgan fingerprint density at radius 2 is 1.86 bits per heavy atom. The van der Waals surface area contributed by atoms with E-state index < -0.39 is 0 Å². The van der Waals surface area contributed by atoms with Gasteiger partial charge >= 0.3 is 6.03 Å². The Bertz CT molecular complexity index is 1550. The number of urea groups is 1.